The second-order valence-corrected chi connectivity index (χ2v) is 4.75. The Labute approximate surface area is 124 Å². The molecule has 0 atom stereocenters. The number of aromatic carboxylic acids is 1. The number of benzene rings is 1. The largest absolute Gasteiger partial charge is 0.494 e. The molecule has 0 amide bonds. The van der Waals surface area contributed by atoms with Crippen molar-refractivity contribution in [3.05, 3.63) is 22.8 Å². The highest BCUT2D eigenvalue weighted by Crippen LogP contribution is 2.50. The fraction of sp³-hybridized carbons (Fsp3) is 0.231. The van der Waals surface area contributed by atoms with Crippen LogP contribution in [-0.4, -0.2) is 34.8 Å². The van der Waals surface area contributed by atoms with E-state index in [9.17, 15) is 4.79 Å². The second-order valence-electron chi connectivity index (χ2n) is 4.34. The lowest BCUT2D eigenvalue weighted by Gasteiger charge is -2.13. The van der Waals surface area contributed by atoms with Crippen LogP contribution < -0.4 is 14.2 Å². The van der Waals surface area contributed by atoms with Crippen molar-refractivity contribution in [2.45, 2.75) is 0 Å². The second kappa shape index (κ2) is 4.85. The summed E-state index contributed by atoms with van der Waals surface area (Å²) in [5.41, 5.74) is 0.940. The fourth-order valence-corrected chi connectivity index (χ4v) is 2.50. The number of carboxylic acid groups (broad SMARTS) is 1. The molecule has 2 heterocycles. The minimum atomic E-state index is -1.12. The number of hydrogen-bond donors (Lipinski definition) is 1. The summed E-state index contributed by atoms with van der Waals surface area (Å²) >= 11 is 6.18. The van der Waals surface area contributed by atoms with E-state index in [0.29, 0.717) is 33.5 Å². The predicted molar refractivity (Wildman–Crippen MR) is 73.3 cm³/mol. The third-order valence-corrected chi connectivity index (χ3v) is 3.41. The van der Waals surface area contributed by atoms with E-state index in [4.69, 9.17) is 30.9 Å². The Morgan fingerprint density at radius 3 is 2.86 bits per heavy atom. The summed E-state index contributed by atoms with van der Waals surface area (Å²) in [5, 5.41) is 13.3. The predicted octanol–water partition coefficient (Wildman–Crippen LogP) is 2.18. The van der Waals surface area contributed by atoms with Gasteiger partial charge >= 0.3 is 5.97 Å². The first-order valence-corrected chi connectivity index (χ1v) is 6.34. The van der Waals surface area contributed by atoms with Gasteiger partial charge in [0.05, 0.1) is 23.4 Å². The molecule has 1 aromatic heterocycles. The van der Waals surface area contributed by atoms with Crippen molar-refractivity contribution in [3.63, 3.8) is 0 Å². The number of aromatic nitrogens is 2. The van der Waals surface area contributed by atoms with Gasteiger partial charge < -0.3 is 19.3 Å². The Hall–Kier alpha value is -2.41. The van der Waals surface area contributed by atoms with Gasteiger partial charge in [-0.3, -0.25) is 4.68 Å². The lowest BCUT2D eigenvalue weighted by molar-refractivity contribution is 0.0689. The molecule has 21 heavy (non-hydrogen) atoms. The van der Waals surface area contributed by atoms with Gasteiger partial charge in [-0.1, -0.05) is 11.6 Å². The van der Waals surface area contributed by atoms with Gasteiger partial charge in [-0.15, -0.1) is 0 Å². The van der Waals surface area contributed by atoms with Gasteiger partial charge in [0.2, 0.25) is 6.79 Å². The first kappa shape index (κ1) is 13.6. The summed E-state index contributed by atoms with van der Waals surface area (Å²) in [5.74, 6) is 0.192. The van der Waals surface area contributed by atoms with Crippen LogP contribution in [0.25, 0.3) is 11.3 Å². The molecule has 1 aliphatic rings. The summed E-state index contributed by atoms with van der Waals surface area (Å²) in [6, 6.07) is 3.03. The zero-order valence-corrected chi connectivity index (χ0v) is 12.0. The van der Waals surface area contributed by atoms with E-state index in [2.05, 4.69) is 5.10 Å². The van der Waals surface area contributed by atoms with E-state index in [1.54, 1.807) is 13.1 Å². The van der Waals surface area contributed by atoms with E-state index in [0.717, 1.165) is 0 Å². The molecule has 0 bridgehead atoms. The summed E-state index contributed by atoms with van der Waals surface area (Å²) < 4.78 is 17.5. The molecule has 0 saturated heterocycles. The monoisotopic (exact) mass is 310 g/mol. The van der Waals surface area contributed by atoms with E-state index < -0.39 is 5.97 Å². The number of carboxylic acids is 1. The molecule has 7 nitrogen and oxygen atoms in total. The van der Waals surface area contributed by atoms with E-state index in [1.807, 2.05) is 0 Å². The first-order chi connectivity index (χ1) is 10.0. The molecule has 0 unspecified atom stereocenters. The van der Waals surface area contributed by atoms with Crippen LogP contribution in [0.5, 0.6) is 17.2 Å². The molecule has 1 aromatic carbocycles. The summed E-state index contributed by atoms with van der Waals surface area (Å²) in [4.78, 5) is 11.1. The van der Waals surface area contributed by atoms with Crippen LogP contribution in [-0.2, 0) is 7.05 Å². The third kappa shape index (κ3) is 2.06. The molecule has 0 fully saturated rings. The summed E-state index contributed by atoms with van der Waals surface area (Å²) in [6.07, 6.45) is 0. The van der Waals surface area contributed by atoms with Crippen molar-refractivity contribution in [3.8, 4) is 28.5 Å². The lowest BCUT2D eigenvalue weighted by Crippen LogP contribution is -2.00. The van der Waals surface area contributed by atoms with E-state index >= 15 is 0 Å². The first-order valence-electron chi connectivity index (χ1n) is 5.96. The molecule has 110 valence electrons. The zero-order chi connectivity index (χ0) is 15.1. The van der Waals surface area contributed by atoms with Gasteiger partial charge in [-0.2, -0.15) is 5.10 Å². The van der Waals surface area contributed by atoms with Crippen LogP contribution in [0.1, 0.15) is 10.5 Å². The van der Waals surface area contributed by atoms with Crippen LogP contribution in [0.2, 0.25) is 5.02 Å². The van der Waals surface area contributed by atoms with Crippen LogP contribution in [0.3, 0.4) is 0 Å². The molecule has 0 spiro atoms. The minimum Gasteiger partial charge on any atom is -0.494 e. The molecular weight excluding hydrogens is 300 g/mol. The molecule has 0 saturated carbocycles. The normalized spacial score (nSPS) is 12.5. The van der Waals surface area contributed by atoms with E-state index in [1.165, 1.54) is 17.9 Å². The van der Waals surface area contributed by atoms with Crippen LogP contribution >= 0.6 is 11.6 Å². The maximum absolute atomic E-state index is 11.1. The zero-order valence-electron chi connectivity index (χ0n) is 11.2. The molecule has 1 aliphatic heterocycles. The number of aryl methyl sites for hydroxylation is 1. The Bertz CT molecular complexity index is 737. The SMILES string of the molecule is COc1c(Cl)cc2c(c1-c1cc(C(=O)O)nn1C)OCO2. The molecule has 0 radical (unpaired) electrons. The standard InChI is InChI=1S/C13H11ClN2O5/c1-16-8(4-7(15-16)13(17)18)10-11(19-2)6(14)3-9-12(10)21-5-20-9/h3-4H,5H2,1-2H3,(H,17,18). The Morgan fingerprint density at radius 1 is 1.48 bits per heavy atom. The maximum Gasteiger partial charge on any atom is 0.356 e. The maximum atomic E-state index is 11.1. The fourth-order valence-electron chi connectivity index (χ4n) is 2.23. The molecular formula is C13H11ClN2O5. The van der Waals surface area contributed by atoms with Crippen molar-refractivity contribution in [2.24, 2.45) is 7.05 Å². The third-order valence-electron chi connectivity index (χ3n) is 3.13. The average Bonchev–Trinajstić information content (AvgIpc) is 3.03. The van der Waals surface area contributed by atoms with Crippen LogP contribution in [0, 0.1) is 0 Å². The van der Waals surface area contributed by atoms with Crippen molar-refractivity contribution in [2.75, 3.05) is 13.9 Å². The highest BCUT2D eigenvalue weighted by Gasteiger charge is 2.28. The van der Waals surface area contributed by atoms with Crippen molar-refractivity contribution >= 4 is 17.6 Å². The minimum absolute atomic E-state index is 0.0649. The van der Waals surface area contributed by atoms with E-state index in [-0.39, 0.29) is 12.5 Å². The molecule has 1 N–H and O–H groups in total. The van der Waals surface area contributed by atoms with Crippen LogP contribution in [0.4, 0.5) is 0 Å². The smallest absolute Gasteiger partial charge is 0.356 e. The number of methoxy groups -OCH3 is 1. The van der Waals surface area contributed by atoms with Gasteiger partial charge in [0, 0.05) is 13.1 Å². The Balaban J connectivity index is 2.29. The lowest BCUT2D eigenvalue weighted by atomic mass is 10.1. The van der Waals surface area contributed by atoms with Gasteiger partial charge in [-0.05, 0) is 6.07 Å². The number of halogens is 1. The van der Waals surface area contributed by atoms with Crippen LogP contribution in [0.15, 0.2) is 12.1 Å². The number of carbonyl (C=O) groups is 1. The van der Waals surface area contributed by atoms with Gasteiger partial charge in [0.15, 0.2) is 22.9 Å². The molecule has 0 aliphatic carbocycles. The Kier molecular flexibility index (Phi) is 3.13. The number of hydrogen-bond acceptors (Lipinski definition) is 5. The number of ether oxygens (including phenoxy) is 3. The van der Waals surface area contributed by atoms with Gasteiger partial charge in [0.25, 0.3) is 0 Å². The van der Waals surface area contributed by atoms with Crippen molar-refractivity contribution < 1.29 is 24.1 Å². The van der Waals surface area contributed by atoms with Gasteiger partial charge in [-0.25, -0.2) is 4.79 Å². The highest BCUT2D eigenvalue weighted by molar-refractivity contribution is 6.33. The Morgan fingerprint density at radius 2 is 2.24 bits per heavy atom. The number of nitrogens with zero attached hydrogens (tertiary/aromatic N) is 2. The summed E-state index contributed by atoms with van der Waals surface area (Å²) in [7, 11) is 3.10. The quantitative estimate of drug-likeness (QED) is 0.935. The van der Waals surface area contributed by atoms with Crippen molar-refractivity contribution in [1.82, 2.24) is 9.78 Å². The molecule has 8 heteroatoms. The number of fused-ring (bicyclic) bond motifs is 1. The molecule has 2 aromatic rings. The average molecular weight is 311 g/mol. The van der Waals surface area contributed by atoms with Gasteiger partial charge in [0.1, 0.15) is 0 Å². The highest BCUT2D eigenvalue weighted by atomic mass is 35.5. The number of rotatable bonds is 3. The molecule has 3 rings (SSSR count). The summed E-state index contributed by atoms with van der Waals surface area (Å²) in [6.45, 7) is 0.0649. The topological polar surface area (TPSA) is 82.8 Å². The van der Waals surface area contributed by atoms with Crippen molar-refractivity contribution in [1.29, 1.82) is 0 Å².